The van der Waals surface area contributed by atoms with Crippen LogP contribution in [0.4, 0.5) is 9.18 Å². The Hall–Kier alpha value is -2.37. The third-order valence-corrected chi connectivity index (χ3v) is 3.60. The molecule has 1 aliphatic rings. The summed E-state index contributed by atoms with van der Waals surface area (Å²) in [7, 11) is 1.27. The first-order valence-electron chi connectivity index (χ1n) is 7.75. The van der Waals surface area contributed by atoms with E-state index in [-0.39, 0.29) is 5.82 Å². The topological polar surface area (TPSA) is 55.8 Å². The summed E-state index contributed by atoms with van der Waals surface area (Å²) in [6.45, 7) is 5.61. The lowest BCUT2D eigenvalue weighted by atomic mass is 9.96. The molecule has 0 N–H and O–H groups in total. The summed E-state index contributed by atoms with van der Waals surface area (Å²) in [6, 6.07) is 5.17. The number of amides is 1. The summed E-state index contributed by atoms with van der Waals surface area (Å²) < 4.78 is 23.2. The fraction of sp³-hybridized carbons (Fsp3) is 0.444. The number of benzene rings is 1. The average Bonchev–Trinajstić information content (AvgIpc) is 2.52. The molecule has 0 unspecified atom stereocenters. The monoisotopic (exact) mass is 335 g/mol. The zero-order valence-corrected chi connectivity index (χ0v) is 14.3. The number of carbonyl (C=O) groups is 2. The van der Waals surface area contributed by atoms with E-state index in [1.807, 2.05) is 0 Å². The van der Waals surface area contributed by atoms with Gasteiger partial charge in [0.1, 0.15) is 11.4 Å². The molecule has 0 fully saturated rings. The van der Waals surface area contributed by atoms with Crippen LogP contribution in [0.5, 0.6) is 0 Å². The summed E-state index contributed by atoms with van der Waals surface area (Å²) in [4.78, 5) is 25.8. The molecule has 0 aromatic heterocycles. The molecule has 0 saturated heterocycles. The van der Waals surface area contributed by atoms with Crippen LogP contribution in [-0.4, -0.2) is 42.3 Å². The van der Waals surface area contributed by atoms with Crippen molar-refractivity contribution in [2.24, 2.45) is 0 Å². The van der Waals surface area contributed by atoms with Crippen LogP contribution >= 0.6 is 0 Å². The van der Waals surface area contributed by atoms with Crippen molar-refractivity contribution in [2.45, 2.75) is 38.8 Å². The Morgan fingerprint density at radius 2 is 1.83 bits per heavy atom. The molecule has 1 aromatic carbocycles. The van der Waals surface area contributed by atoms with Gasteiger partial charge < -0.3 is 9.47 Å². The van der Waals surface area contributed by atoms with E-state index >= 15 is 0 Å². The lowest BCUT2D eigenvalue weighted by Gasteiger charge is -2.34. The van der Waals surface area contributed by atoms with Gasteiger partial charge in [-0.15, -0.1) is 0 Å². The Bertz CT molecular complexity index is 646. The average molecular weight is 335 g/mol. The standard InChI is InChI=1S/C18H22FNO4/c1-18(2,3)24-17(22)20-10-9-13(11-15(20)16(21)23-4)12-5-7-14(19)8-6-12/h5-8,11,15H,9-10H2,1-4H3/t15-/m1/s1. The fourth-order valence-electron chi connectivity index (χ4n) is 2.49. The molecule has 0 spiro atoms. The van der Waals surface area contributed by atoms with Crippen molar-refractivity contribution < 1.29 is 23.5 Å². The second-order valence-electron chi connectivity index (χ2n) is 6.59. The van der Waals surface area contributed by atoms with Crippen molar-refractivity contribution in [3.63, 3.8) is 0 Å². The molecule has 1 aromatic rings. The predicted molar refractivity (Wildman–Crippen MR) is 87.7 cm³/mol. The molecule has 1 amide bonds. The molecular weight excluding hydrogens is 313 g/mol. The van der Waals surface area contributed by atoms with Crippen LogP contribution in [0.15, 0.2) is 30.3 Å². The lowest BCUT2D eigenvalue weighted by molar-refractivity contribution is -0.145. The highest BCUT2D eigenvalue weighted by atomic mass is 19.1. The normalized spacial score (nSPS) is 18.0. The maximum Gasteiger partial charge on any atom is 0.411 e. The van der Waals surface area contributed by atoms with Gasteiger partial charge >= 0.3 is 12.1 Å². The Morgan fingerprint density at radius 1 is 1.21 bits per heavy atom. The molecule has 0 radical (unpaired) electrons. The van der Waals surface area contributed by atoms with Gasteiger partial charge in [0, 0.05) is 6.54 Å². The molecule has 2 rings (SSSR count). The van der Waals surface area contributed by atoms with Crippen LogP contribution in [0.2, 0.25) is 0 Å². The van der Waals surface area contributed by atoms with Gasteiger partial charge in [-0.1, -0.05) is 12.1 Å². The van der Waals surface area contributed by atoms with Crippen LogP contribution in [0.1, 0.15) is 32.8 Å². The first kappa shape index (κ1) is 18.0. The Balaban J connectivity index is 2.28. The first-order valence-corrected chi connectivity index (χ1v) is 7.75. The molecule has 5 nitrogen and oxygen atoms in total. The molecule has 1 aliphatic heterocycles. The molecule has 6 heteroatoms. The van der Waals surface area contributed by atoms with E-state index in [4.69, 9.17) is 9.47 Å². The first-order chi connectivity index (χ1) is 11.2. The van der Waals surface area contributed by atoms with Gasteiger partial charge in [0.15, 0.2) is 6.04 Å². The summed E-state index contributed by atoms with van der Waals surface area (Å²) in [5.74, 6) is -0.866. The Kier molecular flexibility index (Phi) is 5.26. The molecule has 0 aliphatic carbocycles. The van der Waals surface area contributed by atoms with Gasteiger partial charge in [0.05, 0.1) is 7.11 Å². The predicted octanol–water partition coefficient (Wildman–Crippen LogP) is 3.39. The smallest absolute Gasteiger partial charge is 0.411 e. The van der Waals surface area contributed by atoms with E-state index in [9.17, 15) is 14.0 Å². The van der Waals surface area contributed by atoms with Crippen LogP contribution in [0.25, 0.3) is 5.57 Å². The Labute approximate surface area is 141 Å². The lowest BCUT2D eigenvalue weighted by Crippen LogP contribution is -2.49. The Morgan fingerprint density at radius 3 is 2.38 bits per heavy atom. The molecule has 1 heterocycles. The summed E-state index contributed by atoms with van der Waals surface area (Å²) in [5, 5.41) is 0. The molecule has 1 atom stereocenters. The molecule has 0 bridgehead atoms. The quantitative estimate of drug-likeness (QED) is 0.778. The minimum atomic E-state index is -0.862. The number of ether oxygens (including phenoxy) is 2. The van der Waals surface area contributed by atoms with E-state index in [1.54, 1.807) is 39.0 Å². The second-order valence-corrected chi connectivity index (χ2v) is 6.59. The van der Waals surface area contributed by atoms with E-state index < -0.39 is 23.7 Å². The van der Waals surface area contributed by atoms with Crippen molar-refractivity contribution in [1.82, 2.24) is 4.90 Å². The maximum absolute atomic E-state index is 13.1. The molecule has 0 saturated carbocycles. The highest BCUT2D eigenvalue weighted by molar-refractivity contribution is 5.87. The van der Waals surface area contributed by atoms with Crippen LogP contribution in [0.3, 0.4) is 0 Å². The maximum atomic E-state index is 13.1. The van der Waals surface area contributed by atoms with E-state index in [0.717, 1.165) is 11.1 Å². The van der Waals surface area contributed by atoms with Crippen molar-refractivity contribution in [1.29, 1.82) is 0 Å². The zero-order valence-electron chi connectivity index (χ0n) is 14.3. The van der Waals surface area contributed by atoms with Gasteiger partial charge in [-0.05, 0) is 56.5 Å². The number of methoxy groups -OCH3 is 1. The number of carbonyl (C=O) groups excluding carboxylic acids is 2. The summed E-state index contributed by atoms with van der Waals surface area (Å²) in [6.07, 6.45) is 1.65. The summed E-state index contributed by atoms with van der Waals surface area (Å²) in [5.41, 5.74) is 1.03. The van der Waals surface area contributed by atoms with E-state index in [0.29, 0.717) is 13.0 Å². The number of esters is 1. The summed E-state index contributed by atoms with van der Waals surface area (Å²) >= 11 is 0. The van der Waals surface area contributed by atoms with Crippen molar-refractivity contribution in [3.8, 4) is 0 Å². The van der Waals surface area contributed by atoms with Gasteiger partial charge in [-0.25, -0.2) is 14.0 Å². The molecular formula is C18H22FNO4. The van der Waals surface area contributed by atoms with Crippen LogP contribution in [-0.2, 0) is 14.3 Å². The minimum Gasteiger partial charge on any atom is -0.467 e. The highest BCUT2D eigenvalue weighted by Gasteiger charge is 2.35. The van der Waals surface area contributed by atoms with Gasteiger partial charge in [0.25, 0.3) is 0 Å². The van der Waals surface area contributed by atoms with E-state index in [2.05, 4.69) is 0 Å². The van der Waals surface area contributed by atoms with Crippen molar-refractivity contribution >= 4 is 17.6 Å². The largest absolute Gasteiger partial charge is 0.467 e. The molecule has 24 heavy (non-hydrogen) atoms. The number of hydrogen-bond donors (Lipinski definition) is 0. The highest BCUT2D eigenvalue weighted by Crippen LogP contribution is 2.27. The van der Waals surface area contributed by atoms with Crippen LogP contribution < -0.4 is 0 Å². The van der Waals surface area contributed by atoms with Gasteiger partial charge in [-0.3, -0.25) is 4.90 Å². The number of halogens is 1. The van der Waals surface area contributed by atoms with Gasteiger partial charge in [0.2, 0.25) is 0 Å². The third-order valence-electron chi connectivity index (χ3n) is 3.60. The zero-order chi connectivity index (χ0) is 17.9. The minimum absolute atomic E-state index is 0.317. The van der Waals surface area contributed by atoms with Gasteiger partial charge in [-0.2, -0.15) is 0 Å². The SMILES string of the molecule is COC(=O)[C@H]1C=C(c2ccc(F)cc2)CCN1C(=O)OC(C)(C)C. The van der Waals surface area contributed by atoms with Crippen LogP contribution in [0, 0.1) is 5.82 Å². The van der Waals surface area contributed by atoms with Crippen molar-refractivity contribution in [3.05, 3.63) is 41.7 Å². The number of rotatable bonds is 2. The van der Waals surface area contributed by atoms with Crippen molar-refractivity contribution in [2.75, 3.05) is 13.7 Å². The number of hydrogen-bond acceptors (Lipinski definition) is 4. The molecule has 130 valence electrons. The third kappa shape index (κ3) is 4.34. The number of nitrogens with zero attached hydrogens (tertiary/aromatic N) is 1. The second kappa shape index (κ2) is 7.03. The fourth-order valence-corrected chi connectivity index (χ4v) is 2.49. The van der Waals surface area contributed by atoms with E-state index in [1.165, 1.54) is 24.1 Å².